The van der Waals surface area contributed by atoms with E-state index < -0.39 is 12.0 Å². The first kappa shape index (κ1) is 30.8. The smallest absolute Gasteiger partial charge is 0.326 e. The fourth-order valence-electron chi connectivity index (χ4n) is 5.36. The number of carboxylic acid groups (broad SMARTS) is 1. The third kappa shape index (κ3) is 8.42. The van der Waals surface area contributed by atoms with E-state index in [2.05, 4.69) is 28.4 Å². The van der Waals surface area contributed by atoms with Crippen LogP contribution < -0.4 is 5.32 Å². The Bertz CT molecular complexity index is 1300. The summed E-state index contributed by atoms with van der Waals surface area (Å²) in [5.74, 6) is -0.755. The van der Waals surface area contributed by atoms with Gasteiger partial charge in [-0.25, -0.2) is 4.79 Å². The minimum Gasteiger partial charge on any atom is -0.480 e. The third-order valence-electron chi connectivity index (χ3n) is 7.54. The Kier molecular flexibility index (Phi) is 11.4. The fourth-order valence-corrected chi connectivity index (χ4v) is 5.83. The number of likely N-dealkylation sites (tertiary alicyclic amines) is 1. The molecule has 1 aliphatic rings. The number of carbonyl (C=O) groups is 2. The maximum Gasteiger partial charge on any atom is 0.326 e. The number of nitrogens with zero attached hydrogens (tertiary/aromatic N) is 1. The van der Waals surface area contributed by atoms with Gasteiger partial charge in [0.05, 0.1) is 19.3 Å². The monoisotopic (exact) mass is 576 g/mol. The number of methoxy groups -OCH3 is 1. The summed E-state index contributed by atoms with van der Waals surface area (Å²) in [5, 5.41) is 12.4. The molecular formula is C33H40N2O5S. The van der Waals surface area contributed by atoms with Gasteiger partial charge >= 0.3 is 5.97 Å². The Morgan fingerprint density at radius 3 is 2.51 bits per heavy atom. The minimum absolute atomic E-state index is 0.102. The molecule has 0 aliphatic carbocycles. The molecule has 0 saturated carbocycles. The number of nitrogens with one attached hydrogen (secondary N) is 1. The van der Waals surface area contributed by atoms with Gasteiger partial charge in [0.2, 0.25) is 0 Å². The summed E-state index contributed by atoms with van der Waals surface area (Å²) in [6, 6.07) is 23.3. The number of carbonyl (C=O) groups excluding carboxylic acids is 1. The molecule has 41 heavy (non-hydrogen) atoms. The van der Waals surface area contributed by atoms with Gasteiger partial charge in [-0.3, -0.25) is 9.69 Å². The van der Waals surface area contributed by atoms with Crippen LogP contribution in [0, 0.1) is 6.92 Å². The van der Waals surface area contributed by atoms with Gasteiger partial charge in [0.25, 0.3) is 5.91 Å². The van der Waals surface area contributed by atoms with E-state index in [-0.39, 0.29) is 18.1 Å². The van der Waals surface area contributed by atoms with Crippen LogP contribution in [0.1, 0.15) is 39.9 Å². The Labute approximate surface area is 247 Å². The lowest BCUT2D eigenvalue weighted by molar-refractivity contribution is -0.139. The molecule has 3 aromatic carbocycles. The van der Waals surface area contributed by atoms with Crippen LogP contribution in [0.25, 0.3) is 11.1 Å². The number of rotatable bonds is 14. The van der Waals surface area contributed by atoms with Gasteiger partial charge in [0.15, 0.2) is 0 Å². The molecule has 1 heterocycles. The molecule has 1 saturated heterocycles. The zero-order valence-electron chi connectivity index (χ0n) is 24.0. The largest absolute Gasteiger partial charge is 0.480 e. The molecule has 3 aromatic rings. The topological polar surface area (TPSA) is 88.1 Å². The van der Waals surface area contributed by atoms with E-state index in [0.29, 0.717) is 37.5 Å². The standard InChI is InChI=1S/C33H40N2O5S/c1-23-9-7-8-12-28(23)30-17-25(13-14-29(30)32(36)34-31(33(37)38)15-16-41-3)19-35-20-27(18-26(35)22-39-2)40-21-24-10-5-4-6-11-24/h4-14,17,26-27,31H,15-16,18-22H2,1-3H3,(H,34,36)(H,37,38)/t26?,27-,31?/m0/s1. The van der Waals surface area contributed by atoms with Crippen LogP contribution in [0.15, 0.2) is 72.8 Å². The molecule has 4 rings (SSSR count). The normalized spacial score (nSPS) is 17.8. The van der Waals surface area contributed by atoms with Crippen molar-refractivity contribution in [1.29, 1.82) is 0 Å². The van der Waals surface area contributed by atoms with Gasteiger partial charge in [-0.2, -0.15) is 11.8 Å². The summed E-state index contributed by atoms with van der Waals surface area (Å²) in [6.07, 6.45) is 3.28. The van der Waals surface area contributed by atoms with E-state index in [4.69, 9.17) is 9.47 Å². The second-order valence-electron chi connectivity index (χ2n) is 10.5. The zero-order valence-corrected chi connectivity index (χ0v) is 24.9. The molecule has 2 N–H and O–H groups in total. The van der Waals surface area contributed by atoms with Crippen LogP contribution >= 0.6 is 11.8 Å². The summed E-state index contributed by atoms with van der Waals surface area (Å²) in [4.78, 5) is 27.6. The SMILES string of the molecule is COCC1C[C@H](OCc2ccccc2)CN1Cc1ccc(C(=O)NC(CCSC)C(=O)O)c(-c2ccccc2C)c1. The van der Waals surface area contributed by atoms with Crippen LogP contribution in [0.3, 0.4) is 0 Å². The van der Waals surface area contributed by atoms with E-state index >= 15 is 0 Å². The van der Waals surface area contributed by atoms with Gasteiger partial charge in [0.1, 0.15) is 6.04 Å². The highest BCUT2D eigenvalue weighted by atomic mass is 32.2. The molecule has 3 atom stereocenters. The Balaban J connectivity index is 1.56. The highest BCUT2D eigenvalue weighted by Gasteiger charge is 2.33. The van der Waals surface area contributed by atoms with Crippen LogP contribution in [-0.2, 0) is 27.4 Å². The molecular weight excluding hydrogens is 536 g/mol. The molecule has 0 bridgehead atoms. The average molecular weight is 577 g/mol. The van der Waals surface area contributed by atoms with Crippen LogP contribution in [-0.4, -0.2) is 72.3 Å². The van der Waals surface area contributed by atoms with Crippen molar-refractivity contribution < 1.29 is 24.2 Å². The zero-order chi connectivity index (χ0) is 29.2. The minimum atomic E-state index is -1.02. The molecule has 0 spiro atoms. The highest BCUT2D eigenvalue weighted by Crippen LogP contribution is 2.30. The number of ether oxygens (including phenoxy) is 2. The first-order chi connectivity index (χ1) is 19.9. The van der Waals surface area contributed by atoms with Crippen molar-refractivity contribution in [3.63, 3.8) is 0 Å². The number of benzene rings is 3. The number of hydrogen-bond acceptors (Lipinski definition) is 6. The van der Waals surface area contributed by atoms with E-state index in [0.717, 1.165) is 40.8 Å². The number of thioether (sulfide) groups is 1. The number of carboxylic acids is 1. The van der Waals surface area contributed by atoms with Crippen molar-refractivity contribution in [2.75, 3.05) is 32.3 Å². The first-order valence-electron chi connectivity index (χ1n) is 14.0. The van der Waals surface area contributed by atoms with Gasteiger partial charge in [-0.1, -0.05) is 60.7 Å². The lowest BCUT2D eigenvalue weighted by Gasteiger charge is -2.24. The second-order valence-corrected chi connectivity index (χ2v) is 11.5. The van der Waals surface area contributed by atoms with E-state index in [1.165, 1.54) is 0 Å². The van der Waals surface area contributed by atoms with Crippen molar-refractivity contribution in [1.82, 2.24) is 10.2 Å². The van der Waals surface area contributed by atoms with E-state index in [1.807, 2.05) is 67.8 Å². The summed E-state index contributed by atoms with van der Waals surface area (Å²) >= 11 is 1.56. The molecule has 1 fully saturated rings. The van der Waals surface area contributed by atoms with Crippen molar-refractivity contribution in [3.05, 3.63) is 95.1 Å². The summed E-state index contributed by atoms with van der Waals surface area (Å²) in [7, 11) is 1.73. The fraction of sp³-hybridized carbons (Fsp3) is 0.394. The molecule has 0 radical (unpaired) electrons. The Hall–Kier alpha value is -3.17. The predicted molar refractivity (Wildman–Crippen MR) is 164 cm³/mol. The number of hydrogen-bond donors (Lipinski definition) is 2. The third-order valence-corrected chi connectivity index (χ3v) is 8.18. The summed E-state index contributed by atoms with van der Waals surface area (Å²) < 4.78 is 11.8. The molecule has 7 nitrogen and oxygen atoms in total. The first-order valence-corrected chi connectivity index (χ1v) is 15.4. The summed E-state index contributed by atoms with van der Waals surface area (Å²) in [5.41, 5.74) is 5.49. The van der Waals surface area contributed by atoms with Crippen molar-refractivity contribution in [3.8, 4) is 11.1 Å². The summed E-state index contributed by atoms with van der Waals surface area (Å²) in [6.45, 7) is 4.69. The number of amides is 1. The van der Waals surface area contributed by atoms with Gasteiger partial charge in [0, 0.05) is 31.8 Å². The average Bonchev–Trinajstić information content (AvgIpc) is 3.35. The van der Waals surface area contributed by atoms with Gasteiger partial charge in [-0.05, 0) is 71.7 Å². The Morgan fingerprint density at radius 2 is 1.80 bits per heavy atom. The number of aliphatic carboxylic acids is 1. The molecule has 1 aliphatic heterocycles. The molecule has 2 unspecified atom stereocenters. The van der Waals surface area contributed by atoms with Gasteiger partial charge in [-0.15, -0.1) is 0 Å². The van der Waals surface area contributed by atoms with Crippen molar-refractivity contribution in [2.24, 2.45) is 0 Å². The highest BCUT2D eigenvalue weighted by molar-refractivity contribution is 7.98. The lowest BCUT2D eigenvalue weighted by Crippen LogP contribution is -2.41. The second kappa shape index (κ2) is 15.2. The maximum atomic E-state index is 13.4. The number of aryl methyl sites for hydroxylation is 1. The Morgan fingerprint density at radius 1 is 1.05 bits per heavy atom. The van der Waals surface area contributed by atoms with E-state index in [9.17, 15) is 14.7 Å². The quantitative estimate of drug-likeness (QED) is 0.266. The van der Waals surface area contributed by atoms with Crippen LogP contribution in [0.2, 0.25) is 0 Å². The van der Waals surface area contributed by atoms with Crippen LogP contribution in [0.5, 0.6) is 0 Å². The maximum absolute atomic E-state index is 13.4. The van der Waals surface area contributed by atoms with E-state index in [1.54, 1.807) is 18.9 Å². The predicted octanol–water partition coefficient (Wildman–Crippen LogP) is 5.40. The molecule has 8 heteroatoms. The van der Waals surface area contributed by atoms with Crippen LogP contribution in [0.4, 0.5) is 0 Å². The molecule has 1 amide bonds. The molecule has 0 aromatic heterocycles. The molecule has 218 valence electrons. The van der Waals surface area contributed by atoms with Crippen molar-refractivity contribution in [2.45, 2.75) is 51.1 Å². The lowest BCUT2D eigenvalue weighted by atomic mass is 9.93. The van der Waals surface area contributed by atoms with Crippen molar-refractivity contribution >= 4 is 23.6 Å². The van der Waals surface area contributed by atoms with Gasteiger partial charge < -0.3 is 19.9 Å².